The van der Waals surface area contributed by atoms with E-state index in [1.54, 1.807) is 5.57 Å². The third kappa shape index (κ3) is 6.87. The van der Waals surface area contributed by atoms with Crippen molar-refractivity contribution in [1.82, 2.24) is 10.2 Å². The molecule has 0 saturated carbocycles. The van der Waals surface area contributed by atoms with Crippen LogP contribution in [0.15, 0.2) is 42.0 Å². The first-order chi connectivity index (χ1) is 14.3. The van der Waals surface area contributed by atoms with Gasteiger partial charge in [-0.15, -0.1) is 0 Å². The molecule has 0 radical (unpaired) electrons. The fraction of sp³-hybridized carbons (Fsp3) is 0.654. The van der Waals surface area contributed by atoms with Crippen LogP contribution in [0.25, 0.3) is 0 Å². The molecule has 1 amide bonds. The van der Waals surface area contributed by atoms with E-state index in [9.17, 15) is 4.79 Å². The van der Waals surface area contributed by atoms with Crippen molar-refractivity contribution in [3.8, 4) is 0 Å². The Labute approximate surface area is 183 Å². The smallest absolute Gasteiger partial charge is 0.407 e. The molecule has 1 aromatic carbocycles. The van der Waals surface area contributed by atoms with Gasteiger partial charge in [-0.05, 0) is 78.2 Å². The highest BCUT2D eigenvalue weighted by atomic mass is 16.6. The number of hydrogen-bond donors (Lipinski definition) is 1. The average Bonchev–Trinajstić information content (AvgIpc) is 2.72. The van der Waals surface area contributed by atoms with Crippen LogP contribution in [0.2, 0.25) is 0 Å². The van der Waals surface area contributed by atoms with Crippen LogP contribution in [0.1, 0.15) is 84.1 Å². The van der Waals surface area contributed by atoms with E-state index in [1.807, 2.05) is 20.8 Å². The van der Waals surface area contributed by atoms with Crippen molar-refractivity contribution in [1.29, 1.82) is 0 Å². The second-order valence-corrected chi connectivity index (χ2v) is 10.0. The number of ether oxygens (including phenoxy) is 1. The normalized spacial score (nSPS) is 20.9. The number of carbonyl (C=O) groups is 1. The summed E-state index contributed by atoms with van der Waals surface area (Å²) < 4.78 is 5.41. The standard InChI is InChI=1S/C26H40N2O2/c1-20(28-17-15-23(16-18-28)27-25(29)30-26(2,3)4)19-24(21-11-7-5-8-12-21)22-13-9-6-10-14-22/h5,7-8,11-13,20,23-24H,6,9-10,14-19H2,1-4H3,(H,27,29). The second kappa shape index (κ2) is 10.5. The van der Waals surface area contributed by atoms with Gasteiger partial charge in [0, 0.05) is 31.1 Å². The maximum absolute atomic E-state index is 12.1. The predicted octanol–water partition coefficient (Wildman–Crippen LogP) is 6.04. The van der Waals surface area contributed by atoms with Crippen LogP contribution in [0.4, 0.5) is 4.79 Å². The van der Waals surface area contributed by atoms with Gasteiger partial charge in [-0.1, -0.05) is 42.0 Å². The summed E-state index contributed by atoms with van der Waals surface area (Å²) in [5, 5.41) is 3.06. The average molecular weight is 413 g/mol. The number of alkyl carbamates (subject to hydrolysis) is 1. The summed E-state index contributed by atoms with van der Waals surface area (Å²) in [6.45, 7) is 10.1. The monoisotopic (exact) mass is 412 g/mol. The van der Waals surface area contributed by atoms with Gasteiger partial charge in [-0.25, -0.2) is 4.79 Å². The van der Waals surface area contributed by atoms with Crippen LogP contribution >= 0.6 is 0 Å². The van der Waals surface area contributed by atoms with Crippen LogP contribution in [-0.4, -0.2) is 41.8 Å². The summed E-state index contributed by atoms with van der Waals surface area (Å²) in [6.07, 6.45) is 10.5. The van der Waals surface area contributed by atoms with E-state index in [0.717, 1.165) is 25.9 Å². The lowest BCUT2D eigenvalue weighted by Gasteiger charge is -2.38. The summed E-state index contributed by atoms with van der Waals surface area (Å²) >= 11 is 0. The van der Waals surface area contributed by atoms with Crippen LogP contribution in [0.5, 0.6) is 0 Å². The van der Waals surface area contributed by atoms with Crippen LogP contribution < -0.4 is 5.32 Å². The zero-order valence-corrected chi connectivity index (χ0v) is 19.3. The first kappa shape index (κ1) is 22.9. The molecule has 0 aromatic heterocycles. The minimum absolute atomic E-state index is 0.217. The Morgan fingerprint density at radius 2 is 1.87 bits per heavy atom. The number of nitrogens with zero attached hydrogens (tertiary/aromatic N) is 1. The molecule has 2 aliphatic rings. The number of nitrogens with one attached hydrogen (secondary N) is 1. The van der Waals surface area contributed by atoms with Crippen LogP contribution in [0, 0.1) is 0 Å². The SMILES string of the molecule is CC(CC(C1=CCCCC1)c1ccccc1)N1CCC(NC(=O)OC(C)(C)C)CC1. The fourth-order valence-electron chi connectivity index (χ4n) is 4.82. The maximum atomic E-state index is 12.1. The molecule has 30 heavy (non-hydrogen) atoms. The summed E-state index contributed by atoms with van der Waals surface area (Å²) in [5.41, 5.74) is 2.65. The van der Waals surface area contributed by atoms with Gasteiger partial charge in [-0.2, -0.15) is 0 Å². The van der Waals surface area contributed by atoms with E-state index in [-0.39, 0.29) is 12.1 Å². The van der Waals surface area contributed by atoms with Crippen molar-refractivity contribution >= 4 is 6.09 Å². The van der Waals surface area contributed by atoms with Gasteiger partial charge >= 0.3 is 6.09 Å². The number of amides is 1. The quantitative estimate of drug-likeness (QED) is 0.579. The van der Waals surface area contributed by atoms with Crippen molar-refractivity contribution in [2.45, 2.75) is 96.2 Å². The number of allylic oxidation sites excluding steroid dienone is 2. The lowest BCUT2D eigenvalue weighted by Crippen LogP contribution is -2.48. The molecule has 1 N–H and O–H groups in total. The summed E-state index contributed by atoms with van der Waals surface area (Å²) in [6, 6.07) is 11.8. The number of hydrogen-bond acceptors (Lipinski definition) is 3. The lowest BCUT2D eigenvalue weighted by atomic mass is 9.80. The molecule has 4 heteroatoms. The van der Waals surface area contributed by atoms with Gasteiger partial charge in [0.05, 0.1) is 0 Å². The minimum Gasteiger partial charge on any atom is -0.444 e. The molecule has 2 unspecified atom stereocenters. The third-order valence-corrected chi connectivity index (χ3v) is 6.43. The zero-order chi connectivity index (χ0) is 21.6. The van der Waals surface area contributed by atoms with E-state index in [1.165, 1.54) is 37.7 Å². The Hall–Kier alpha value is -1.81. The van der Waals surface area contributed by atoms with E-state index in [2.05, 4.69) is 53.5 Å². The van der Waals surface area contributed by atoms with Gasteiger partial charge in [0.2, 0.25) is 0 Å². The van der Waals surface area contributed by atoms with Crippen molar-refractivity contribution in [3.05, 3.63) is 47.5 Å². The minimum atomic E-state index is -0.445. The zero-order valence-electron chi connectivity index (χ0n) is 19.3. The first-order valence-corrected chi connectivity index (χ1v) is 11.8. The highest BCUT2D eigenvalue weighted by Gasteiger charge is 2.28. The van der Waals surface area contributed by atoms with Crippen molar-refractivity contribution in [3.63, 3.8) is 0 Å². The van der Waals surface area contributed by atoms with E-state index in [4.69, 9.17) is 4.74 Å². The number of carbonyl (C=O) groups excluding carboxylic acids is 1. The Kier molecular flexibility index (Phi) is 7.99. The van der Waals surface area contributed by atoms with Gasteiger partial charge in [0.25, 0.3) is 0 Å². The summed E-state index contributed by atoms with van der Waals surface area (Å²) in [4.78, 5) is 14.7. The molecule has 1 heterocycles. The molecule has 4 nitrogen and oxygen atoms in total. The molecule has 1 aromatic rings. The second-order valence-electron chi connectivity index (χ2n) is 10.0. The van der Waals surface area contributed by atoms with Gasteiger partial charge < -0.3 is 15.0 Å². The maximum Gasteiger partial charge on any atom is 0.407 e. The molecule has 1 fully saturated rings. The Morgan fingerprint density at radius 3 is 2.47 bits per heavy atom. The summed E-state index contributed by atoms with van der Waals surface area (Å²) in [7, 11) is 0. The van der Waals surface area contributed by atoms with Crippen molar-refractivity contribution in [2.75, 3.05) is 13.1 Å². The lowest BCUT2D eigenvalue weighted by molar-refractivity contribution is 0.0468. The van der Waals surface area contributed by atoms with Gasteiger partial charge in [0.1, 0.15) is 5.60 Å². The van der Waals surface area contributed by atoms with Crippen molar-refractivity contribution in [2.24, 2.45) is 0 Å². The molecule has 2 atom stereocenters. The number of piperidine rings is 1. The molecule has 1 aliphatic heterocycles. The molecule has 1 aliphatic carbocycles. The molecule has 3 rings (SSSR count). The largest absolute Gasteiger partial charge is 0.444 e. The molecule has 166 valence electrons. The first-order valence-electron chi connectivity index (χ1n) is 11.8. The molecule has 0 bridgehead atoms. The molecular weight excluding hydrogens is 372 g/mol. The van der Waals surface area contributed by atoms with Gasteiger partial charge in [-0.3, -0.25) is 0 Å². The predicted molar refractivity (Wildman–Crippen MR) is 124 cm³/mol. The Morgan fingerprint density at radius 1 is 1.17 bits per heavy atom. The van der Waals surface area contributed by atoms with Crippen LogP contribution in [-0.2, 0) is 4.74 Å². The number of benzene rings is 1. The molecule has 1 saturated heterocycles. The van der Waals surface area contributed by atoms with E-state index < -0.39 is 5.60 Å². The van der Waals surface area contributed by atoms with E-state index in [0.29, 0.717) is 12.0 Å². The highest BCUT2D eigenvalue weighted by Crippen LogP contribution is 2.36. The van der Waals surface area contributed by atoms with Crippen LogP contribution in [0.3, 0.4) is 0 Å². The van der Waals surface area contributed by atoms with Crippen molar-refractivity contribution < 1.29 is 9.53 Å². The van der Waals surface area contributed by atoms with E-state index >= 15 is 0 Å². The third-order valence-electron chi connectivity index (χ3n) is 6.43. The summed E-state index contributed by atoms with van der Waals surface area (Å²) in [5.74, 6) is 0.527. The Bertz CT molecular complexity index is 699. The Balaban J connectivity index is 1.55. The number of likely N-dealkylation sites (tertiary alicyclic amines) is 1. The molecular formula is C26H40N2O2. The number of rotatable bonds is 6. The van der Waals surface area contributed by atoms with Gasteiger partial charge in [0.15, 0.2) is 0 Å². The topological polar surface area (TPSA) is 41.6 Å². The fourth-order valence-corrected chi connectivity index (χ4v) is 4.82. The molecule has 0 spiro atoms. The highest BCUT2D eigenvalue weighted by molar-refractivity contribution is 5.68.